The minimum absolute atomic E-state index is 0.253. The lowest BCUT2D eigenvalue weighted by molar-refractivity contribution is -1.02. The summed E-state index contributed by atoms with van der Waals surface area (Å²) >= 11 is 0. The third-order valence-corrected chi connectivity index (χ3v) is 6.03. The number of hydrogen-bond acceptors (Lipinski definition) is 4. The Balaban J connectivity index is 1.32. The quantitative estimate of drug-likeness (QED) is 0.597. The molecule has 0 bridgehead atoms. The van der Waals surface area contributed by atoms with Gasteiger partial charge in [0.05, 0.1) is 20.4 Å². The van der Waals surface area contributed by atoms with Gasteiger partial charge in [-0.2, -0.15) is 0 Å². The highest BCUT2D eigenvalue weighted by Crippen LogP contribution is 2.29. The van der Waals surface area contributed by atoms with E-state index in [1.807, 2.05) is 0 Å². The number of aromatic nitrogens is 1. The number of aryl methyl sites for hydroxylation is 1. The Bertz CT molecular complexity index is 1010. The molecule has 0 spiro atoms. The van der Waals surface area contributed by atoms with Crippen LogP contribution in [0.1, 0.15) is 17.0 Å². The van der Waals surface area contributed by atoms with Crippen LogP contribution in [0.4, 0.5) is 4.39 Å². The minimum Gasteiger partial charge on any atom is -0.493 e. The molecule has 1 aromatic heterocycles. The monoisotopic (exact) mass is 427 g/mol. The van der Waals surface area contributed by atoms with Gasteiger partial charge in [0.25, 0.3) is 5.89 Å². The Morgan fingerprint density at radius 2 is 1.55 bits per heavy atom. The number of ether oxygens (including phenoxy) is 2. The molecular weight excluding hydrogens is 397 g/mol. The molecule has 0 aliphatic carbocycles. The highest BCUT2D eigenvalue weighted by molar-refractivity contribution is 5.55. The maximum absolute atomic E-state index is 13.1. The molecule has 0 saturated carbocycles. The molecule has 1 fully saturated rings. The van der Waals surface area contributed by atoms with Crippen LogP contribution in [0.3, 0.4) is 0 Å². The van der Waals surface area contributed by atoms with Crippen molar-refractivity contribution in [1.82, 2.24) is 4.98 Å². The van der Waals surface area contributed by atoms with Gasteiger partial charge in [-0.15, -0.1) is 0 Å². The number of quaternary nitrogens is 2. The molecule has 2 heterocycles. The van der Waals surface area contributed by atoms with Gasteiger partial charge in [-0.25, -0.2) is 9.37 Å². The van der Waals surface area contributed by atoms with E-state index in [1.54, 1.807) is 37.4 Å². The summed E-state index contributed by atoms with van der Waals surface area (Å²) in [5.41, 5.74) is 3.37. The van der Waals surface area contributed by atoms with Crippen molar-refractivity contribution in [3.63, 3.8) is 0 Å². The van der Waals surface area contributed by atoms with Crippen molar-refractivity contribution in [2.75, 3.05) is 40.4 Å². The second-order valence-corrected chi connectivity index (χ2v) is 8.11. The van der Waals surface area contributed by atoms with Gasteiger partial charge in [0, 0.05) is 11.1 Å². The van der Waals surface area contributed by atoms with Crippen LogP contribution in [0.5, 0.6) is 11.5 Å². The summed E-state index contributed by atoms with van der Waals surface area (Å²) in [5.74, 6) is 2.72. The molecule has 164 valence electrons. The third kappa shape index (κ3) is 5.06. The second kappa shape index (κ2) is 9.49. The standard InChI is InChI=1S/C24H28FN3O3/c1-17-12-21(29-2)22(30-3)13-19(17)15-27-8-10-28(11-9-27)16-24-26-14-23(31-24)18-4-6-20(25)7-5-18/h4-7,12-14H,8-11,15-16H2,1-3H3/p+2. The largest absolute Gasteiger partial charge is 0.493 e. The molecular formula is C24H30FN3O3+2. The van der Waals surface area contributed by atoms with Crippen LogP contribution in [-0.4, -0.2) is 45.4 Å². The normalized spacial score (nSPS) is 18.7. The number of halogens is 1. The fourth-order valence-electron chi connectivity index (χ4n) is 4.15. The van der Waals surface area contributed by atoms with E-state index >= 15 is 0 Å². The van der Waals surface area contributed by atoms with Crippen molar-refractivity contribution in [3.8, 4) is 22.8 Å². The van der Waals surface area contributed by atoms with E-state index in [0.29, 0.717) is 5.76 Å². The number of methoxy groups -OCH3 is 2. The molecule has 6 nitrogen and oxygen atoms in total. The maximum Gasteiger partial charge on any atom is 0.250 e. The van der Waals surface area contributed by atoms with E-state index in [-0.39, 0.29) is 5.82 Å². The second-order valence-electron chi connectivity index (χ2n) is 8.11. The number of nitrogens with one attached hydrogen (secondary N) is 2. The highest BCUT2D eigenvalue weighted by atomic mass is 19.1. The van der Waals surface area contributed by atoms with Gasteiger partial charge in [0.15, 0.2) is 23.8 Å². The Morgan fingerprint density at radius 1 is 0.935 bits per heavy atom. The number of benzene rings is 2. The third-order valence-electron chi connectivity index (χ3n) is 6.03. The summed E-state index contributed by atoms with van der Waals surface area (Å²) in [6.07, 6.45) is 1.73. The first-order valence-corrected chi connectivity index (χ1v) is 10.6. The molecule has 0 unspecified atom stereocenters. The van der Waals surface area contributed by atoms with Crippen LogP contribution < -0.4 is 19.3 Å². The van der Waals surface area contributed by atoms with Crippen LogP contribution in [0.2, 0.25) is 0 Å². The Morgan fingerprint density at radius 3 is 2.19 bits per heavy atom. The summed E-state index contributed by atoms with van der Waals surface area (Å²) in [7, 11) is 3.34. The molecule has 2 N–H and O–H groups in total. The zero-order valence-electron chi connectivity index (χ0n) is 18.3. The van der Waals surface area contributed by atoms with Gasteiger partial charge in [-0.3, -0.25) is 0 Å². The summed E-state index contributed by atoms with van der Waals surface area (Å²) < 4.78 is 29.9. The molecule has 0 atom stereocenters. The fraction of sp³-hybridized carbons (Fsp3) is 0.375. The van der Waals surface area contributed by atoms with Gasteiger partial charge < -0.3 is 23.7 Å². The fourth-order valence-corrected chi connectivity index (χ4v) is 4.15. The Hall–Kier alpha value is -2.90. The predicted octanol–water partition coefficient (Wildman–Crippen LogP) is 1.29. The molecule has 1 aliphatic heterocycles. The van der Waals surface area contributed by atoms with Crippen LogP contribution in [0.15, 0.2) is 47.0 Å². The van der Waals surface area contributed by atoms with Crippen LogP contribution in [-0.2, 0) is 13.1 Å². The lowest BCUT2D eigenvalue weighted by atomic mass is 10.1. The van der Waals surface area contributed by atoms with Crippen molar-refractivity contribution in [2.45, 2.75) is 20.0 Å². The molecule has 1 saturated heterocycles. The van der Waals surface area contributed by atoms with Crippen LogP contribution >= 0.6 is 0 Å². The van der Waals surface area contributed by atoms with Gasteiger partial charge in [-0.1, -0.05) is 0 Å². The van der Waals surface area contributed by atoms with E-state index in [9.17, 15) is 4.39 Å². The van der Waals surface area contributed by atoms with Crippen LogP contribution in [0.25, 0.3) is 11.3 Å². The molecule has 2 aromatic carbocycles. The first-order valence-electron chi connectivity index (χ1n) is 10.6. The Labute approximate surface area is 182 Å². The minimum atomic E-state index is -0.253. The molecule has 31 heavy (non-hydrogen) atoms. The lowest BCUT2D eigenvalue weighted by Crippen LogP contribution is -3.27. The highest BCUT2D eigenvalue weighted by Gasteiger charge is 2.25. The summed E-state index contributed by atoms with van der Waals surface area (Å²) in [4.78, 5) is 7.47. The SMILES string of the molecule is COc1cc(C)c(C[NH+]2CC[NH+](Cc3ncc(-c4ccc(F)cc4)o3)CC2)cc1OC. The number of piperazine rings is 1. The summed E-state index contributed by atoms with van der Waals surface area (Å²) in [6.45, 7) is 8.19. The van der Waals surface area contributed by atoms with Gasteiger partial charge in [0.1, 0.15) is 38.5 Å². The number of oxazole rings is 1. The van der Waals surface area contributed by atoms with E-state index in [0.717, 1.165) is 62.2 Å². The smallest absolute Gasteiger partial charge is 0.250 e. The predicted molar refractivity (Wildman–Crippen MR) is 115 cm³/mol. The van der Waals surface area contributed by atoms with E-state index in [2.05, 4.69) is 24.0 Å². The average molecular weight is 428 g/mol. The van der Waals surface area contributed by atoms with Crippen molar-refractivity contribution in [2.24, 2.45) is 0 Å². The maximum atomic E-state index is 13.1. The molecule has 0 amide bonds. The van der Waals surface area contributed by atoms with E-state index in [1.165, 1.54) is 28.2 Å². The summed E-state index contributed by atoms with van der Waals surface area (Å²) in [6, 6.07) is 10.5. The van der Waals surface area contributed by atoms with Crippen LogP contribution in [0, 0.1) is 12.7 Å². The van der Waals surface area contributed by atoms with Crippen molar-refractivity contribution in [3.05, 3.63) is 65.4 Å². The topological polar surface area (TPSA) is 53.4 Å². The van der Waals surface area contributed by atoms with Crippen molar-refractivity contribution < 1.29 is 28.1 Å². The number of nitrogens with zero attached hydrogens (tertiary/aromatic N) is 1. The average Bonchev–Trinajstić information content (AvgIpc) is 3.25. The van der Waals surface area contributed by atoms with E-state index < -0.39 is 0 Å². The summed E-state index contributed by atoms with van der Waals surface area (Å²) in [5, 5.41) is 0. The van der Waals surface area contributed by atoms with Gasteiger partial charge in [0.2, 0.25) is 0 Å². The molecule has 7 heteroatoms. The first-order chi connectivity index (χ1) is 15.1. The first kappa shape index (κ1) is 21.3. The van der Waals surface area contributed by atoms with Gasteiger partial charge in [-0.05, 0) is 48.9 Å². The molecule has 3 aromatic rings. The van der Waals surface area contributed by atoms with Crippen molar-refractivity contribution in [1.29, 1.82) is 0 Å². The zero-order valence-corrected chi connectivity index (χ0v) is 18.3. The number of hydrogen-bond donors (Lipinski definition) is 2. The Kier molecular flexibility index (Phi) is 6.53. The van der Waals surface area contributed by atoms with Crippen molar-refractivity contribution >= 4 is 0 Å². The van der Waals surface area contributed by atoms with E-state index in [4.69, 9.17) is 13.9 Å². The number of rotatable bonds is 7. The molecule has 0 radical (unpaired) electrons. The molecule has 4 rings (SSSR count). The van der Waals surface area contributed by atoms with Gasteiger partial charge >= 0.3 is 0 Å². The lowest BCUT2D eigenvalue weighted by Gasteiger charge is -2.29. The molecule has 1 aliphatic rings. The zero-order chi connectivity index (χ0) is 21.8.